The van der Waals surface area contributed by atoms with Gasteiger partial charge in [-0.1, -0.05) is 30.3 Å². The molecule has 0 bridgehead atoms. The number of amides is 1. The minimum absolute atomic E-state index is 0.0322. The highest BCUT2D eigenvalue weighted by molar-refractivity contribution is 5.68. The molecule has 2 N–H and O–H groups in total. The number of ether oxygens (including phenoxy) is 1. The fourth-order valence-corrected chi connectivity index (χ4v) is 2.42. The van der Waals surface area contributed by atoms with Gasteiger partial charge in [0.1, 0.15) is 5.60 Å². The van der Waals surface area contributed by atoms with Crippen LogP contribution in [-0.4, -0.2) is 23.4 Å². The Balaban J connectivity index is 2.07. The average molecular weight is 291 g/mol. The first-order valence-corrected chi connectivity index (χ1v) is 7.49. The SMILES string of the molecule is CC(C)(C)OC(=O)NC(CC1(CO)CC1)c1ccccc1. The van der Waals surface area contributed by atoms with Gasteiger partial charge in [0.15, 0.2) is 0 Å². The predicted octanol–water partition coefficient (Wildman–Crippen LogP) is 3.42. The monoisotopic (exact) mass is 291 g/mol. The van der Waals surface area contributed by atoms with E-state index in [4.69, 9.17) is 4.74 Å². The average Bonchev–Trinajstić information content (AvgIpc) is 3.17. The Morgan fingerprint density at radius 2 is 1.95 bits per heavy atom. The van der Waals surface area contributed by atoms with Crippen LogP contribution in [0.4, 0.5) is 4.79 Å². The van der Waals surface area contributed by atoms with Gasteiger partial charge in [0.25, 0.3) is 0 Å². The normalized spacial score (nSPS) is 17.9. The van der Waals surface area contributed by atoms with Gasteiger partial charge < -0.3 is 15.2 Å². The van der Waals surface area contributed by atoms with E-state index in [1.165, 1.54) is 0 Å². The van der Waals surface area contributed by atoms with E-state index >= 15 is 0 Å². The Bertz CT molecular complexity index is 475. The van der Waals surface area contributed by atoms with E-state index in [1.807, 2.05) is 51.1 Å². The van der Waals surface area contributed by atoms with E-state index < -0.39 is 11.7 Å². The van der Waals surface area contributed by atoms with Gasteiger partial charge in [0.05, 0.1) is 6.04 Å². The first-order valence-electron chi connectivity index (χ1n) is 7.49. The van der Waals surface area contributed by atoms with Gasteiger partial charge >= 0.3 is 6.09 Å². The third-order valence-corrected chi connectivity index (χ3v) is 3.82. The second kappa shape index (κ2) is 6.06. The molecule has 116 valence electrons. The first-order chi connectivity index (χ1) is 9.84. The molecule has 4 heteroatoms. The standard InChI is InChI=1S/C17H25NO3/c1-16(2,3)21-15(20)18-14(11-17(12-19)9-10-17)13-7-5-4-6-8-13/h4-8,14,19H,9-12H2,1-3H3,(H,18,20). The number of aliphatic hydroxyl groups excluding tert-OH is 1. The largest absolute Gasteiger partial charge is 0.444 e. The Kier molecular flexibility index (Phi) is 4.57. The van der Waals surface area contributed by atoms with E-state index in [0.29, 0.717) is 0 Å². The van der Waals surface area contributed by atoms with Gasteiger partial charge in [-0.15, -0.1) is 0 Å². The maximum atomic E-state index is 12.0. The molecule has 0 radical (unpaired) electrons. The Hall–Kier alpha value is -1.55. The highest BCUT2D eigenvalue weighted by Gasteiger charge is 2.44. The van der Waals surface area contributed by atoms with Crippen LogP contribution in [0, 0.1) is 5.41 Å². The molecule has 1 amide bonds. The van der Waals surface area contributed by atoms with Crippen LogP contribution < -0.4 is 5.32 Å². The number of hydrogen-bond donors (Lipinski definition) is 2. The summed E-state index contributed by atoms with van der Waals surface area (Å²) in [5, 5.41) is 12.5. The number of carbonyl (C=O) groups is 1. The molecule has 1 aliphatic carbocycles. The summed E-state index contributed by atoms with van der Waals surface area (Å²) in [5.74, 6) is 0. The molecule has 1 saturated carbocycles. The molecule has 1 aliphatic rings. The smallest absolute Gasteiger partial charge is 0.408 e. The highest BCUT2D eigenvalue weighted by Crippen LogP contribution is 2.51. The molecule has 2 rings (SSSR count). The number of benzene rings is 1. The van der Waals surface area contributed by atoms with Crippen molar-refractivity contribution in [3.05, 3.63) is 35.9 Å². The molecule has 21 heavy (non-hydrogen) atoms. The van der Waals surface area contributed by atoms with Crippen LogP contribution in [0.15, 0.2) is 30.3 Å². The molecule has 1 aromatic carbocycles. The topological polar surface area (TPSA) is 58.6 Å². The van der Waals surface area contributed by atoms with Crippen LogP contribution in [-0.2, 0) is 4.74 Å². The molecule has 1 aromatic rings. The van der Waals surface area contributed by atoms with Crippen molar-refractivity contribution in [2.45, 2.75) is 51.7 Å². The van der Waals surface area contributed by atoms with Crippen molar-refractivity contribution < 1.29 is 14.6 Å². The number of hydrogen-bond acceptors (Lipinski definition) is 3. The number of nitrogens with one attached hydrogen (secondary N) is 1. The molecule has 0 aromatic heterocycles. The van der Waals surface area contributed by atoms with Crippen molar-refractivity contribution >= 4 is 6.09 Å². The van der Waals surface area contributed by atoms with Crippen LogP contribution in [0.5, 0.6) is 0 Å². The van der Waals surface area contributed by atoms with Crippen molar-refractivity contribution in [3.63, 3.8) is 0 Å². The van der Waals surface area contributed by atoms with Crippen LogP contribution in [0.3, 0.4) is 0 Å². The summed E-state index contributed by atoms with van der Waals surface area (Å²) >= 11 is 0. The zero-order valence-electron chi connectivity index (χ0n) is 13.1. The Morgan fingerprint density at radius 3 is 2.43 bits per heavy atom. The quantitative estimate of drug-likeness (QED) is 0.874. The van der Waals surface area contributed by atoms with E-state index in [9.17, 15) is 9.90 Å². The fourth-order valence-electron chi connectivity index (χ4n) is 2.42. The summed E-state index contributed by atoms with van der Waals surface area (Å²) < 4.78 is 5.35. The van der Waals surface area contributed by atoms with Crippen LogP contribution in [0.2, 0.25) is 0 Å². The number of carbonyl (C=O) groups excluding carboxylic acids is 1. The van der Waals surface area contributed by atoms with Crippen molar-refractivity contribution in [2.24, 2.45) is 5.41 Å². The van der Waals surface area contributed by atoms with Gasteiger partial charge in [-0.2, -0.15) is 0 Å². The second-order valence-corrected chi connectivity index (χ2v) is 6.97. The maximum absolute atomic E-state index is 12.0. The van der Waals surface area contributed by atoms with Gasteiger partial charge in [-0.25, -0.2) is 4.79 Å². The third-order valence-electron chi connectivity index (χ3n) is 3.82. The lowest BCUT2D eigenvalue weighted by Crippen LogP contribution is -2.36. The Morgan fingerprint density at radius 1 is 1.33 bits per heavy atom. The summed E-state index contributed by atoms with van der Waals surface area (Å²) in [6, 6.07) is 9.73. The lowest BCUT2D eigenvalue weighted by Gasteiger charge is -2.26. The molecule has 1 atom stereocenters. The van der Waals surface area contributed by atoms with Gasteiger partial charge in [-0.05, 0) is 51.0 Å². The Labute approximate surface area is 126 Å². The van der Waals surface area contributed by atoms with Crippen LogP contribution in [0.1, 0.15) is 51.6 Å². The van der Waals surface area contributed by atoms with Gasteiger partial charge in [0.2, 0.25) is 0 Å². The molecule has 0 heterocycles. The number of rotatable bonds is 5. The maximum Gasteiger partial charge on any atom is 0.408 e. The van der Waals surface area contributed by atoms with Crippen molar-refractivity contribution in [2.75, 3.05) is 6.61 Å². The zero-order valence-corrected chi connectivity index (χ0v) is 13.1. The first kappa shape index (κ1) is 15.8. The second-order valence-electron chi connectivity index (χ2n) is 6.97. The molecule has 0 saturated heterocycles. The van der Waals surface area contributed by atoms with Crippen molar-refractivity contribution in [3.8, 4) is 0 Å². The molecule has 0 aliphatic heterocycles. The van der Waals surface area contributed by atoms with Crippen LogP contribution in [0.25, 0.3) is 0 Å². The third kappa shape index (κ3) is 4.74. The number of alkyl carbamates (subject to hydrolysis) is 1. The van der Waals surface area contributed by atoms with E-state index in [-0.39, 0.29) is 18.1 Å². The lowest BCUT2D eigenvalue weighted by molar-refractivity contribution is 0.0489. The fraction of sp³-hybridized carbons (Fsp3) is 0.588. The molecule has 0 spiro atoms. The van der Waals surface area contributed by atoms with Crippen LogP contribution >= 0.6 is 0 Å². The van der Waals surface area contributed by atoms with E-state index in [0.717, 1.165) is 24.8 Å². The van der Waals surface area contributed by atoms with Gasteiger partial charge in [-0.3, -0.25) is 0 Å². The molecule has 1 unspecified atom stereocenters. The van der Waals surface area contributed by atoms with Crippen molar-refractivity contribution in [1.29, 1.82) is 0 Å². The minimum Gasteiger partial charge on any atom is -0.444 e. The summed E-state index contributed by atoms with van der Waals surface area (Å²) in [6.45, 7) is 5.72. The molecular formula is C17H25NO3. The summed E-state index contributed by atoms with van der Waals surface area (Å²) in [7, 11) is 0. The summed E-state index contributed by atoms with van der Waals surface area (Å²) in [6.07, 6.45) is 2.36. The zero-order chi connectivity index (χ0) is 15.5. The van der Waals surface area contributed by atoms with E-state index in [2.05, 4.69) is 5.32 Å². The number of aliphatic hydroxyl groups is 1. The summed E-state index contributed by atoms with van der Waals surface area (Å²) in [4.78, 5) is 12.0. The lowest BCUT2D eigenvalue weighted by atomic mass is 9.93. The predicted molar refractivity (Wildman–Crippen MR) is 81.9 cm³/mol. The molecule has 1 fully saturated rings. The van der Waals surface area contributed by atoms with Gasteiger partial charge in [0, 0.05) is 6.61 Å². The van der Waals surface area contributed by atoms with E-state index in [1.54, 1.807) is 0 Å². The van der Waals surface area contributed by atoms with Crippen molar-refractivity contribution in [1.82, 2.24) is 5.32 Å². The minimum atomic E-state index is -0.514. The highest BCUT2D eigenvalue weighted by atomic mass is 16.6. The summed E-state index contributed by atoms with van der Waals surface area (Å²) in [5.41, 5.74) is 0.498. The molecule has 4 nitrogen and oxygen atoms in total. The molecular weight excluding hydrogens is 266 g/mol.